The van der Waals surface area contributed by atoms with Crippen molar-refractivity contribution in [3.05, 3.63) is 66.6 Å². The zero-order valence-corrected chi connectivity index (χ0v) is 11.6. The number of imidazole rings is 1. The Morgan fingerprint density at radius 1 is 1.00 bits per heavy atom. The fourth-order valence-corrected chi connectivity index (χ4v) is 2.55. The molecule has 4 rings (SSSR count). The van der Waals surface area contributed by atoms with Crippen LogP contribution in [0.2, 0.25) is 0 Å². The van der Waals surface area contributed by atoms with Crippen molar-refractivity contribution in [2.45, 2.75) is 0 Å². The molecule has 1 amide bonds. The molecule has 0 bridgehead atoms. The van der Waals surface area contributed by atoms with Crippen LogP contribution in [0.4, 0.5) is 5.69 Å². The Bertz CT molecular complexity index is 930. The van der Waals surface area contributed by atoms with E-state index in [1.807, 2.05) is 48.5 Å². The maximum absolute atomic E-state index is 12.6. The molecule has 22 heavy (non-hydrogen) atoms. The minimum absolute atomic E-state index is 0.173. The SMILES string of the molecule is O=C(Nc1ccccc1)c1c[nH]c2cccc3ncnc-3c12. The van der Waals surface area contributed by atoms with Gasteiger partial charge in [0.25, 0.3) is 5.91 Å². The molecule has 0 saturated heterocycles. The van der Waals surface area contributed by atoms with Crippen LogP contribution in [0.5, 0.6) is 0 Å². The van der Waals surface area contributed by atoms with Crippen molar-refractivity contribution in [1.29, 1.82) is 0 Å². The molecule has 0 radical (unpaired) electrons. The van der Waals surface area contributed by atoms with Crippen LogP contribution in [0.1, 0.15) is 10.4 Å². The number of fused-ring (bicyclic) bond motifs is 3. The number of nitrogens with one attached hydrogen (secondary N) is 2. The Morgan fingerprint density at radius 2 is 1.86 bits per heavy atom. The standard InChI is InChI=1S/C17H12N4O/c22-17(21-11-5-2-1-3-6-11)12-9-18-13-7-4-8-14-16(15(12)13)20-10-19-14/h1-10,18H,(H,21,22). The van der Waals surface area contributed by atoms with E-state index in [9.17, 15) is 4.79 Å². The summed E-state index contributed by atoms with van der Waals surface area (Å²) in [5, 5.41) is 3.68. The maximum Gasteiger partial charge on any atom is 0.257 e. The highest BCUT2D eigenvalue weighted by molar-refractivity contribution is 6.15. The van der Waals surface area contributed by atoms with Crippen LogP contribution in [-0.4, -0.2) is 20.9 Å². The lowest BCUT2D eigenvalue weighted by Crippen LogP contribution is -2.11. The van der Waals surface area contributed by atoms with Gasteiger partial charge in [-0.05, 0) is 24.3 Å². The first-order valence-electron chi connectivity index (χ1n) is 6.90. The quantitative estimate of drug-likeness (QED) is 0.594. The maximum atomic E-state index is 12.6. The molecular formula is C17H12N4O. The number of hydrogen-bond donors (Lipinski definition) is 2. The van der Waals surface area contributed by atoms with E-state index in [1.165, 1.54) is 6.33 Å². The molecule has 1 aromatic carbocycles. The van der Waals surface area contributed by atoms with Crippen LogP contribution < -0.4 is 5.32 Å². The molecule has 0 saturated carbocycles. The van der Waals surface area contributed by atoms with Crippen LogP contribution in [-0.2, 0) is 0 Å². The number of nitrogens with zero attached hydrogens (tertiary/aromatic N) is 2. The van der Waals surface area contributed by atoms with Gasteiger partial charge in [-0.15, -0.1) is 0 Å². The Balaban J connectivity index is 1.83. The third kappa shape index (κ3) is 2.00. The van der Waals surface area contributed by atoms with Gasteiger partial charge in [0, 0.05) is 22.8 Å². The first-order chi connectivity index (χ1) is 10.8. The molecule has 1 aromatic heterocycles. The van der Waals surface area contributed by atoms with Crippen molar-refractivity contribution in [2.24, 2.45) is 0 Å². The monoisotopic (exact) mass is 288 g/mol. The van der Waals surface area contributed by atoms with Crippen molar-refractivity contribution >= 4 is 22.5 Å². The van der Waals surface area contributed by atoms with Crippen molar-refractivity contribution in [3.63, 3.8) is 0 Å². The predicted octanol–water partition coefficient (Wildman–Crippen LogP) is 3.32. The minimum Gasteiger partial charge on any atom is -0.360 e. The number of aromatic nitrogens is 3. The summed E-state index contributed by atoms with van der Waals surface area (Å²) in [5.74, 6) is -0.173. The zero-order valence-electron chi connectivity index (χ0n) is 11.6. The second-order valence-electron chi connectivity index (χ2n) is 4.94. The molecule has 2 aromatic rings. The summed E-state index contributed by atoms with van der Waals surface area (Å²) in [6.07, 6.45) is 3.22. The molecule has 0 unspecified atom stereocenters. The zero-order chi connectivity index (χ0) is 14.9. The summed E-state index contributed by atoms with van der Waals surface area (Å²) in [7, 11) is 0. The van der Waals surface area contributed by atoms with Crippen LogP contribution in [0.15, 0.2) is 61.1 Å². The van der Waals surface area contributed by atoms with Crippen molar-refractivity contribution in [3.8, 4) is 11.4 Å². The minimum atomic E-state index is -0.173. The number of amides is 1. The highest BCUT2D eigenvalue weighted by Gasteiger charge is 2.18. The van der Waals surface area contributed by atoms with Gasteiger partial charge in [-0.3, -0.25) is 4.79 Å². The number of carbonyl (C=O) groups is 1. The number of benzene rings is 1. The van der Waals surface area contributed by atoms with Crippen LogP contribution in [0, 0.1) is 0 Å². The lowest BCUT2D eigenvalue weighted by atomic mass is 10.1. The summed E-state index contributed by atoms with van der Waals surface area (Å²) >= 11 is 0. The van der Waals surface area contributed by atoms with E-state index in [0.29, 0.717) is 5.56 Å². The number of rotatable bonds is 2. The molecule has 106 valence electrons. The second-order valence-corrected chi connectivity index (χ2v) is 4.94. The average Bonchev–Trinajstić information content (AvgIpc) is 3.12. The van der Waals surface area contributed by atoms with E-state index in [0.717, 1.165) is 28.0 Å². The van der Waals surface area contributed by atoms with Gasteiger partial charge >= 0.3 is 0 Å². The normalized spacial score (nSPS) is 10.9. The number of carbonyl (C=O) groups excluding carboxylic acids is 1. The summed E-state index contributed by atoms with van der Waals surface area (Å²) in [4.78, 5) is 24.2. The Kier molecular flexibility index (Phi) is 2.83. The summed E-state index contributed by atoms with van der Waals surface area (Å²) in [6, 6.07) is 15.1. The molecule has 2 aliphatic rings. The summed E-state index contributed by atoms with van der Waals surface area (Å²) in [5.41, 5.74) is 3.66. The van der Waals surface area contributed by atoms with Crippen LogP contribution in [0.25, 0.3) is 22.3 Å². The molecule has 5 nitrogen and oxygen atoms in total. The van der Waals surface area contributed by atoms with Gasteiger partial charge < -0.3 is 10.3 Å². The molecular weight excluding hydrogens is 276 g/mol. The number of anilines is 1. The van der Waals surface area contributed by atoms with Gasteiger partial charge in [0.05, 0.1) is 11.3 Å². The molecule has 1 aliphatic carbocycles. The molecule has 2 heterocycles. The van der Waals surface area contributed by atoms with Gasteiger partial charge in [0.15, 0.2) is 0 Å². The molecule has 5 heteroatoms. The summed E-state index contributed by atoms with van der Waals surface area (Å²) in [6.45, 7) is 0. The fourth-order valence-electron chi connectivity index (χ4n) is 2.55. The van der Waals surface area contributed by atoms with Gasteiger partial charge in [0.1, 0.15) is 12.0 Å². The largest absolute Gasteiger partial charge is 0.360 e. The second kappa shape index (κ2) is 4.96. The predicted molar refractivity (Wildman–Crippen MR) is 84.9 cm³/mol. The topological polar surface area (TPSA) is 70.7 Å². The third-order valence-corrected chi connectivity index (χ3v) is 3.57. The third-order valence-electron chi connectivity index (χ3n) is 3.57. The molecule has 1 aliphatic heterocycles. The number of para-hydroxylation sites is 1. The first-order valence-corrected chi connectivity index (χ1v) is 6.90. The van der Waals surface area contributed by atoms with E-state index in [2.05, 4.69) is 20.3 Å². The van der Waals surface area contributed by atoms with E-state index < -0.39 is 0 Å². The molecule has 2 N–H and O–H groups in total. The number of H-pyrrole nitrogens is 1. The fraction of sp³-hybridized carbons (Fsp3) is 0. The van der Waals surface area contributed by atoms with E-state index >= 15 is 0 Å². The van der Waals surface area contributed by atoms with Gasteiger partial charge in [-0.2, -0.15) is 0 Å². The van der Waals surface area contributed by atoms with Crippen molar-refractivity contribution < 1.29 is 4.79 Å². The smallest absolute Gasteiger partial charge is 0.257 e. The molecule has 0 spiro atoms. The van der Waals surface area contributed by atoms with Crippen molar-refractivity contribution in [1.82, 2.24) is 15.0 Å². The highest BCUT2D eigenvalue weighted by Crippen LogP contribution is 2.29. The Hall–Kier alpha value is -3.21. The van der Waals surface area contributed by atoms with Gasteiger partial charge in [-0.25, -0.2) is 9.97 Å². The lowest BCUT2D eigenvalue weighted by molar-refractivity contribution is 0.102. The lowest BCUT2D eigenvalue weighted by Gasteiger charge is -2.04. The van der Waals surface area contributed by atoms with Crippen LogP contribution in [0.3, 0.4) is 0 Å². The van der Waals surface area contributed by atoms with Gasteiger partial charge in [0.2, 0.25) is 0 Å². The molecule has 0 fully saturated rings. The molecule has 0 atom stereocenters. The average molecular weight is 288 g/mol. The number of aromatic amines is 1. The van der Waals surface area contributed by atoms with Crippen LogP contribution >= 0.6 is 0 Å². The van der Waals surface area contributed by atoms with Gasteiger partial charge in [-0.1, -0.05) is 24.3 Å². The first kappa shape index (κ1) is 12.5. The van der Waals surface area contributed by atoms with E-state index in [4.69, 9.17) is 0 Å². The highest BCUT2D eigenvalue weighted by atomic mass is 16.1. The van der Waals surface area contributed by atoms with E-state index in [-0.39, 0.29) is 5.91 Å². The summed E-state index contributed by atoms with van der Waals surface area (Å²) < 4.78 is 0. The van der Waals surface area contributed by atoms with Crippen molar-refractivity contribution in [2.75, 3.05) is 5.32 Å². The van der Waals surface area contributed by atoms with E-state index in [1.54, 1.807) is 6.20 Å². The Labute approximate surface area is 126 Å². The number of hydrogen-bond acceptors (Lipinski definition) is 3. The Morgan fingerprint density at radius 3 is 2.73 bits per heavy atom.